The Morgan fingerprint density at radius 2 is 1.81 bits per heavy atom. The Labute approximate surface area is 132 Å². The summed E-state index contributed by atoms with van der Waals surface area (Å²) in [6.45, 7) is 9.99. The summed E-state index contributed by atoms with van der Waals surface area (Å²) < 4.78 is 0. The monoisotopic (exact) mass is 291 g/mol. The van der Waals surface area contributed by atoms with Crippen LogP contribution in [0.15, 0.2) is 0 Å². The normalized spacial score (nSPS) is 45.7. The summed E-state index contributed by atoms with van der Waals surface area (Å²) in [7, 11) is 0. The van der Waals surface area contributed by atoms with Crippen molar-refractivity contribution in [3.63, 3.8) is 0 Å². The molecule has 3 rings (SSSR count). The highest BCUT2D eigenvalue weighted by Crippen LogP contribution is 2.62. The lowest BCUT2D eigenvalue weighted by Crippen LogP contribution is -2.53. The van der Waals surface area contributed by atoms with Crippen molar-refractivity contribution < 1.29 is 0 Å². The van der Waals surface area contributed by atoms with Gasteiger partial charge in [0.15, 0.2) is 0 Å². The molecule has 5 atom stereocenters. The van der Waals surface area contributed by atoms with Gasteiger partial charge >= 0.3 is 0 Å². The highest BCUT2D eigenvalue weighted by atomic mass is 15.0. The fourth-order valence-electron chi connectivity index (χ4n) is 6.20. The van der Waals surface area contributed by atoms with Gasteiger partial charge in [-0.1, -0.05) is 53.4 Å². The van der Waals surface area contributed by atoms with Crippen LogP contribution < -0.4 is 5.32 Å². The molecule has 0 aromatic heterocycles. The van der Waals surface area contributed by atoms with Crippen LogP contribution in [0.3, 0.4) is 0 Å². The second-order valence-corrected chi connectivity index (χ2v) is 9.37. The van der Waals surface area contributed by atoms with Crippen LogP contribution in [0.2, 0.25) is 0 Å². The van der Waals surface area contributed by atoms with Gasteiger partial charge in [-0.05, 0) is 61.2 Å². The molecule has 21 heavy (non-hydrogen) atoms. The molecule has 0 aliphatic heterocycles. The van der Waals surface area contributed by atoms with Gasteiger partial charge in [-0.15, -0.1) is 0 Å². The van der Waals surface area contributed by atoms with E-state index in [4.69, 9.17) is 0 Å². The summed E-state index contributed by atoms with van der Waals surface area (Å²) >= 11 is 0. The van der Waals surface area contributed by atoms with E-state index >= 15 is 0 Å². The fourth-order valence-corrected chi connectivity index (χ4v) is 6.20. The third-order valence-corrected chi connectivity index (χ3v) is 7.46. The minimum Gasteiger partial charge on any atom is -0.310 e. The highest BCUT2D eigenvalue weighted by Gasteiger charge is 2.59. The zero-order chi connectivity index (χ0) is 15.1. The molecule has 3 aliphatic rings. The van der Waals surface area contributed by atoms with Gasteiger partial charge in [0.2, 0.25) is 0 Å². The van der Waals surface area contributed by atoms with Gasteiger partial charge in [0.25, 0.3) is 0 Å². The Morgan fingerprint density at radius 3 is 2.48 bits per heavy atom. The van der Waals surface area contributed by atoms with Crippen molar-refractivity contribution >= 4 is 0 Å². The number of fused-ring (bicyclic) bond motifs is 2. The van der Waals surface area contributed by atoms with Crippen LogP contribution in [0.1, 0.15) is 91.9 Å². The standard InChI is InChI=1S/C20H37N/c1-5-7-15-8-6-9-17(11-10-15)21-18-19(2,3)16-12-13-20(18,4)14-16/h15-18,21H,5-14H2,1-4H3. The van der Waals surface area contributed by atoms with E-state index in [0.717, 1.165) is 23.9 Å². The molecule has 5 unspecified atom stereocenters. The highest BCUT2D eigenvalue weighted by molar-refractivity contribution is 5.12. The van der Waals surface area contributed by atoms with Crippen LogP contribution in [0.4, 0.5) is 0 Å². The third-order valence-electron chi connectivity index (χ3n) is 7.46. The fraction of sp³-hybridized carbons (Fsp3) is 1.00. The summed E-state index contributed by atoms with van der Waals surface area (Å²) in [6, 6.07) is 1.56. The Morgan fingerprint density at radius 1 is 1.00 bits per heavy atom. The molecule has 0 heterocycles. The average Bonchev–Trinajstić information content (AvgIpc) is 2.79. The van der Waals surface area contributed by atoms with Gasteiger partial charge in [0.1, 0.15) is 0 Å². The maximum absolute atomic E-state index is 4.18. The predicted molar refractivity (Wildman–Crippen MR) is 91.4 cm³/mol. The minimum absolute atomic E-state index is 0.516. The minimum atomic E-state index is 0.516. The largest absolute Gasteiger partial charge is 0.310 e. The molecule has 1 nitrogen and oxygen atoms in total. The smallest absolute Gasteiger partial charge is 0.0177 e. The first-order valence-corrected chi connectivity index (χ1v) is 9.72. The lowest BCUT2D eigenvalue weighted by molar-refractivity contribution is 0.0958. The van der Waals surface area contributed by atoms with Gasteiger partial charge in [0.05, 0.1) is 0 Å². The van der Waals surface area contributed by atoms with Crippen LogP contribution in [0.5, 0.6) is 0 Å². The first-order valence-electron chi connectivity index (χ1n) is 9.72. The van der Waals surface area contributed by atoms with Gasteiger partial charge in [-0.2, -0.15) is 0 Å². The molecular formula is C20H37N. The molecule has 0 radical (unpaired) electrons. The molecule has 1 N–H and O–H groups in total. The van der Waals surface area contributed by atoms with Gasteiger partial charge < -0.3 is 5.32 Å². The lowest BCUT2D eigenvalue weighted by atomic mass is 9.68. The summed E-state index contributed by atoms with van der Waals surface area (Å²) in [5, 5.41) is 4.18. The Kier molecular flexibility index (Phi) is 4.43. The molecule has 0 aromatic rings. The molecule has 3 aliphatic carbocycles. The van der Waals surface area contributed by atoms with Crippen molar-refractivity contribution in [1.29, 1.82) is 0 Å². The topological polar surface area (TPSA) is 12.0 Å². The van der Waals surface area contributed by atoms with Gasteiger partial charge in [-0.3, -0.25) is 0 Å². The SMILES string of the molecule is CCCC1CCCC(NC2C3(C)CCC(C3)C2(C)C)CC1. The molecule has 0 amide bonds. The van der Waals surface area contributed by atoms with Crippen molar-refractivity contribution in [2.24, 2.45) is 22.7 Å². The maximum Gasteiger partial charge on any atom is 0.0177 e. The van der Waals surface area contributed by atoms with Crippen LogP contribution in [-0.4, -0.2) is 12.1 Å². The first-order chi connectivity index (χ1) is 9.95. The van der Waals surface area contributed by atoms with E-state index in [9.17, 15) is 0 Å². The summed E-state index contributed by atoms with van der Waals surface area (Å²) in [6.07, 6.45) is 14.5. The van der Waals surface area contributed by atoms with Crippen LogP contribution >= 0.6 is 0 Å². The van der Waals surface area contributed by atoms with Crippen LogP contribution in [0.25, 0.3) is 0 Å². The van der Waals surface area contributed by atoms with E-state index < -0.39 is 0 Å². The quantitative estimate of drug-likeness (QED) is 0.671. The van der Waals surface area contributed by atoms with Crippen molar-refractivity contribution in [2.75, 3.05) is 0 Å². The lowest BCUT2D eigenvalue weighted by Gasteiger charge is -2.45. The van der Waals surface area contributed by atoms with Crippen LogP contribution in [-0.2, 0) is 0 Å². The predicted octanol–water partition coefficient (Wildman–Crippen LogP) is 5.54. The van der Waals surface area contributed by atoms with E-state index in [1.54, 1.807) is 0 Å². The molecule has 0 spiro atoms. The number of hydrogen-bond acceptors (Lipinski definition) is 1. The number of rotatable bonds is 4. The summed E-state index contributed by atoms with van der Waals surface area (Å²) in [5.41, 5.74) is 1.10. The third kappa shape index (κ3) is 2.92. The average molecular weight is 292 g/mol. The Balaban J connectivity index is 1.61. The molecule has 1 heteroatoms. The molecule has 3 saturated carbocycles. The second-order valence-electron chi connectivity index (χ2n) is 9.37. The molecule has 122 valence electrons. The molecule has 2 bridgehead atoms. The van der Waals surface area contributed by atoms with E-state index in [1.165, 1.54) is 64.2 Å². The molecule has 3 fully saturated rings. The maximum atomic E-state index is 4.18. The van der Waals surface area contributed by atoms with Gasteiger partial charge in [-0.25, -0.2) is 0 Å². The Hall–Kier alpha value is -0.0400. The second kappa shape index (κ2) is 5.87. The number of hydrogen-bond donors (Lipinski definition) is 1. The van der Waals surface area contributed by atoms with E-state index in [1.807, 2.05) is 0 Å². The zero-order valence-electron chi connectivity index (χ0n) is 14.9. The van der Waals surface area contributed by atoms with E-state index in [0.29, 0.717) is 10.8 Å². The summed E-state index contributed by atoms with van der Waals surface area (Å²) in [5.74, 6) is 1.99. The van der Waals surface area contributed by atoms with Crippen molar-refractivity contribution in [1.82, 2.24) is 5.32 Å². The first kappa shape index (κ1) is 15.8. The van der Waals surface area contributed by atoms with Crippen LogP contribution in [0, 0.1) is 22.7 Å². The molecular weight excluding hydrogens is 254 g/mol. The van der Waals surface area contributed by atoms with E-state index in [-0.39, 0.29) is 0 Å². The van der Waals surface area contributed by atoms with E-state index in [2.05, 4.69) is 33.0 Å². The zero-order valence-corrected chi connectivity index (χ0v) is 14.9. The molecule has 0 saturated heterocycles. The summed E-state index contributed by atoms with van der Waals surface area (Å²) in [4.78, 5) is 0. The van der Waals surface area contributed by atoms with Crippen molar-refractivity contribution in [3.05, 3.63) is 0 Å². The number of nitrogens with one attached hydrogen (secondary N) is 1. The molecule has 0 aromatic carbocycles. The van der Waals surface area contributed by atoms with Crippen molar-refractivity contribution in [3.8, 4) is 0 Å². The van der Waals surface area contributed by atoms with Crippen molar-refractivity contribution in [2.45, 2.75) is 104 Å². The Bertz CT molecular complexity index is 356. The van der Waals surface area contributed by atoms with Gasteiger partial charge in [0, 0.05) is 12.1 Å².